The molecule has 0 spiro atoms. The summed E-state index contributed by atoms with van der Waals surface area (Å²) in [7, 11) is 0. The van der Waals surface area contributed by atoms with Gasteiger partial charge in [-0.3, -0.25) is 14.5 Å². The molecule has 0 radical (unpaired) electrons. The van der Waals surface area contributed by atoms with E-state index in [2.05, 4.69) is 6.92 Å². The Labute approximate surface area is 107 Å². The summed E-state index contributed by atoms with van der Waals surface area (Å²) in [5, 5.41) is 10.5. The van der Waals surface area contributed by atoms with Crippen molar-refractivity contribution in [2.75, 3.05) is 6.54 Å². The van der Waals surface area contributed by atoms with E-state index in [9.17, 15) is 14.7 Å². The van der Waals surface area contributed by atoms with Crippen molar-refractivity contribution in [1.29, 1.82) is 0 Å². The third kappa shape index (κ3) is 1.87. The Bertz CT molecular complexity index is 365. The minimum Gasteiger partial charge on any atom is -0.388 e. The van der Waals surface area contributed by atoms with E-state index in [-0.39, 0.29) is 30.2 Å². The van der Waals surface area contributed by atoms with Crippen LogP contribution in [0.5, 0.6) is 0 Å². The molecule has 0 aromatic heterocycles. The zero-order valence-electron chi connectivity index (χ0n) is 10.9. The molecule has 4 heteroatoms. The van der Waals surface area contributed by atoms with Crippen LogP contribution in [0.3, 0.4) is 0 Å². The average molecular weight is 251 g/mol. The van der Waals surface area contributed by atoms with Crippen molar-refractivity contribution in [1.82, 2.24) is 4.90 Å². The fourth-order valence-corrected chi connectivity index (χ4v) is 3.48. The number of hydrogen-bond donors (Lipinski definition) is 1. The quantitative estimate of drug-likeness (QED) is 0.770. The molecule has 2 amide bonds. The van der Waals surface area contributed by atoms with Crippen LogP contribution in [0.15, 0.2) is 0 Å². The average Bonchev–Trinajstić information content (AvgIpc) is 3.11. The van der Waals surface area contributed by atoms with Gasteiger partial charge in [0, 0.05) is 0 Å². The van der Waals surface area contributed by atoms with Crippen LogP contribution in [0.1, 0.15) is 45.4 Å². The van der Waals surface area contributed by atoms with Crippen LogP contribution < -0.4 is 0 Å². The lowest BCUT2D eigenvalue weighted by Gasteiger charge is -2.38. The monoisotopic (exact) mass is 251 g/mol. The van der Waals surface area contributed by atoms with Crippen LogP contribution in [0.2, 0.25) is 0 Å². The molecule has 1 aliphatic heterocycles. The molecule has 2 atom stereocenters. The second-order valence-electron chi connectivity index (χ2n) is 6.29. The summed E-state index contributed by atoms with van der Waals surface area (Å²) in [6.07, 6.45) is 5.36. The van der Waals surface area contributed by atoms with Gasteiger partial charge in [0.1, 0.15) is 0 Å². The highest BCUT2D eigenvalue weighted by atomic mass is 16.3. The number of β-amino-alcohol motifs (C(OH)–C–C–N with tert-alkyl or cyclic N) is 1. The van der Waals surface area contributed by atoms with Gasteiger partial charge in [-0.2, -0.15) is 0 Å². The number of amides is 2. The van der Waals surface area contributed by atoms with Crippen molar-refractivity contribution in [3.8, 4) is 0 Å². The van der Waals surface area contributed by atoms with Crippen molar-refractivity contribution in [2.45, 2.75) is 51.0 Å². The van der Waals surface area contributed by atoms with Crippen molar-refractivity contribution < 1.29 is 14.7 Å². The summed E-state index contributed by atoms with van der Waals surface area (Å²) < 4.78 is 0. The summed E-state index contributed by atoms with van der Waals surface area (Å²) in [4.78, 5) is 25.1. The van der Waals surface area contributed by atoms with E-state index in [1.54, 1.807) is 0 Å². The van der Waals surface area contributed by atoms with E-state index in [0.717, 1.165) is 38.5 Å². The van der Waals surface area contributed by atoms with E-state index in [1.807, 2.05) is 0 Å². The van der Waals surface area contributed by atoms with Gasteiger partial charge in [-0.25, -0.2) is 0 Å². The lowest BCUT2D eigenvalue weighted by atomic mass is 9.77. The molecule has 3 fully saturated rings. The lowest BCUT2D eigenvalue weighted by Crippen LogP contribution is -2.48. The molecule has 0 aromatic carbocycles. The Balaban J connectivity index is 1.63. The predicted octanol–water partition coefficient (Wildman–Crippen LogP) is 1.32. The second kappa shape index (κ2) is 4.05. The number of fused-ring (bicyclic) bond motifs is 1. The van der Waals surface area contributed by atoms with Crippen LogP contribution >= 0.6 is 0 Å². The molecule has 0 aromatic rings. The molecule has 1 heterocycles. The lowest BCUT2D eigenvalue weighted by molar-refractivity contribution is -0.147. The van der Waals surface area contributed by atoms with E-state index in [4.69, 9.17) is 0 Å². The van der Waals surface area contributed by atoms with Gasteiger partial charge in [0.25, 0.3) is 0 Å². The SMILES string of the molecule is CCC1CCC(O)(CN2C(=O)C3CC3C2=O)CC1. The Morgan fingerprint density at radius 1 is 1.22 bits per heavy atom. The number of piperidine rings is 1. The molecule has 4 nitrogen and oxygen atoms in total. The summed E-state index contributed by atoms with van der Waals surface area (Å²) in [5.74, 6) is 0.511. The molecule has 3 rings (SSSR count). The Kier molecular flexibility index (Phi) is 2.73. The number of hydrogen-bond acceptors (Lipinski definition) is 3. The van der Waals surface area contributed by atoms with Crippen LogP contribution in [-0.4, -0.2) is 34.0 Å². The first-order chi connectivity index (χ1) is 8.54. The number of imide groups is 1. The highest BCUT2D eigenvalue weighted by Gasteiger charge is 2.59. The molecular formula is C14H21NO3. The summed E-state index contributed by atoms with van der Waals surface area (Å²) in [6, 6.07) is 0. The van der Waals surface area contributed by atoms with Gasteiger partial charge < -0.3 is 5.11 Å². The molecular weight excluding hydrogens is 230 g/mol. The number of aliphatic hydroxyl groups is 1. The maximum absolute atomic E-state index is 11.9. The first kappa shape index (κ1) is 12.2. The smallest absolute Gasteiger partial charge is 0.233 e. The zero-order chi connectivity index (χ0) is 12.9. The Hall–Kier alpha value is -0.900. The standard InChI is InChI=1S/C14H21NO3/c1-2-9-3-5-14(18,6-4-9)8-15-12(16)10-7-11(10)13(15)17/h9-11,18H,2-8H2,1H3. The molecule has 100 valence electrons. The van der Waals surface area contributed by atoms with Crippen LogP contribution in [0.4, 0.5) is 0 Å². The van der Waals surface area contributed by atoms with E-state index >= 15 is 0 Å². The number of carbonyl (C=O) groups is 2. The van der Waals surface area contributed by atoms with E-state index in [1.165, 1.54) is 4.90 Å². The van der Waals surface area contributed by atoms with Gasteiger partial charge in [-0.1, -0.05) is 13.3 Å². The molecule has 1 N–H and O–H groups in total. The van der Waals surface area contributed by atoms with Gasteiger partial charge >= 0.3 is 0 Å². The Morgan fingerprint density at radius 2 is 1.78 bits per heavy atom. The fraction of sp³-hybridized carbons (Fsp3) is 0.857. The van der Waals surface area contributed by atoms with Gasteiger partial charge in [-0.15, -0.1) is 0 Å². The molecule has 0 bridgehead atoms. The third-order valence-corrected chi connectivity index (χ3v) is 5.02. The van der Waals surface area contributed by atoms with Gasteiger partial charge in [0.2, 0.25) is 11.8 Å². The van der Waals surface area contributed by atoms with Crippen molar-refractivity contribution in [2.24, 2.45) is 17.8 Å². The number of rotatable bonds is 3. The normalized spacial score (nSPS) is 43.2. The second-order valence-corrected chi connectivity index (χ2v) is 6.29. The fourth-order valence-electron chi connectivity index (χ4n) is 3.48. The molecule has 18 heavy (non-hydrogen) atoms. The van der Waals surface area contributed by atoms with Crippen molar-refractivity contribution in [3.63, 3.8) is 0 Å². The summed E-state index contributed by atoms with van der Waals surface area (Å²) >= 11 is 0. The topological polar surface area (TPSA) is 57.6 Å². The minimum absolute atomic E-state index is 0.0453. The Morgan fingerprint density at radius 3 is 2.28 bits per heavy atom. The summed E-state index contributed by atoms with van der Waals surface area (Å²) in [5.41, 5.74) is -0.826. The molecule has 2 saturated carbocycles. The molecule has 1 saturated heterocycles. The highest BCUT2D eigenvalue weighted by Crippen LogP contribution is 2.48. The molecule has 2 unspecified atom stereocenters. The zero-order valence-corrected chi connectivity index (χ0v) is 10.9. The van der Waals surface area contributed by atoms with Crippen LogP contribution in [0.25, 0.3) is 0 Å². The first-order valence-electron chi connectivity index (χ1n) is 7.11. The van der Waals surface area contributed by atoms with Crippen molar-refractivity contribution in [3.05, 3.63) is 0 Å². The summed E-state index contributed by atoms with van der Waals surface area (Å²) in [6.45, 7) is 2.41. The maximum Gasteiger partial charge on any atom is 0.233 e. The third-order valence-electron chi connectivity index (χ3n) is 5.02. The number of carbonyl (C=O) groups excluding carboxylic acids is 2. The van der Waals surface area contributed by atoms with Gasteiger partial charge in [0.15, 0.2) is 0 Å². The highest BCUT2D eigenvalue weighted by molar-refractivity contribution is 6.08. The molecule has 3 aliphatic rings. The van der Waals surface area contributed by atoms with E-state index in [0.29, 0.717) is 5.92 Å². The van der Waals surface area contributed by atoms with Gasteiger partial charge in [0.05, 0.1) is 24.0 Å². The molecule has 2 aliphatic carbocycles. The van der Waals surface area contributed by atoms with E-state index < -0.39 is 5.60 Å². The van der Waals surface area contributed by atoms with Crippen LogP contribution in [0, 0.1) is 17.8 Å². The van der Waals surface area contributed by atoms with Crippen LogP contribution in [-0.2, 0) is 9.59 Å². The van der Waals surface area contributed by atoms with Gasteiger partial charge in [-0.05, 0) is 38.0 Å². The number of likely N-dealkylation sites (tertiary alicyclic amines) is 1. The number of nitrogens with zero attached hydrogens (tertiary/aromatic N) is 1. The predicted molar refractivity (Wildman–Crippen MR) is 65.5 cm³/mol. The first-order valence-corrected chi connectivity index (χ1v) is 7.11. The maximum atomic E-state index is 11.9. The largest absolute Gasteiger partial charge is 0.388 e. The minimum atomic E-state index is -0.826. The van der Waals surface area contributed by atoms with Crippen molar-refractivity contribution >= 4 is 11.8 Å².